The van der Waals surface area contributed by atoms with E-state index in [1.165, 1.54) is 14.0 Å². The molecule has 3 atom stereocenters. The molecule has 0 aromatic heterocycles. The Bertz CT molecular complexity index is 705. The predicted octanol–water partition coefficient (Wildman–Crippen LogP) is 1.93. The molecule has 0 N–H and O–H groups in total. The van der Waals surface area contributed by atoms with Gasteiger partial charge in [0, 0.05) is 26.9 Å². The highest BCUT2D eigenvalue weighted by Crippen LogP contribution is 2.45. The van der Waals surface area contributed by atoms with Crippen molar-refractivity contribution in [3.63, 3.8) is 0 Å². The smallest absolute Gasteiger partial charge is 0.336 e. The molecule has 1 aromatic rings. The molecule has 0 radical (unpaired) electrons. The van der Waals surface area contributed by atoms with Gasteiger partial charge in [-0.3, -0.25) is 9.59 Å². The average Bonchev–Trinajstić information content (AvgIpc) is 2.66. The zero-order chi connectivity index (χ0) is 18.9. The molecule has 2 aliphatic rings. The number of amides is 2. The maximum atomic E-state index is 13.0. The van der Waals surface area contributed by atoms with E-state index < -0.39 is 11.5 Å². The number of likely N-dealkylation sites (tertiary alicyclic amines) is 2. The number of rotatable bonds is 2. The number of methoxy groups -OCH3 is 1. The van der Waals surface area contributed by atoms with Gasteiger partial charge in [0.2, 0.25) is 11.8 Å². The van der Waals surface area contributed by atoms with E-state index in [1.54, 1.807) is 11.8 Å². The van der Waals surface area contributed by atoms with Crippen molar-refractivity contribution in [2.75, 3.05) is 20.2 Å². The summed E-state index contributed by atoms with van der Waals surface area (Å²) in [7, 11) is 1.36. The Morgan fingerprint density at radius 3 is 2.38 bits per heavy atom. The van der Waals surface area contributed by atoms with E-state index in [-0.39, 0.29) is 23.8 Å². The number of benzene rings is 1. The van der Waals surface area contributed by atoms with Gasteiger partial charge < -0.3 is 14.5 Å². The minimum absolute atomic E-state index is 0.0217. The van der Waals surface area contributed by atoms with Crippen LogP contribution in [0.2, 0.25) is 0 Å². The number of fused-ring (bicyclic) bond motifs is 1. The number of ether oxygens (including phenoxy) is 1. The molecule has 0 aliphatic carbocycles. The molecule has 2 amide bonds. The minimum Gasteiger partial charge on any atom is -0.467 e. The molecule has 140 valence electrons. The van der Waals surface area contributed by atoms with Crippen LogP contribution in [-0.4, -0.2) is 53.8 Å². The second-order valence-corrected chi connectivity index (χ2v) is 7.23. The van der Waals surface area contributed by atoms with Gasteiger partial charge in [-0.25, -0.2) is 4.79 Å². The van der Waals surface area contributed by atoms with Crippen molar-refractivity contribution in [2.24, 2.45) is 5.92 Å². The van der Waals surface area contributed by atoms with Gasteiger partial charge in [-0.1, -0.05) is 30.3 Å². The summed E-state index contributed by atoms with van der Waals surface area (Å²) in [5.41, 5.74) is -0.372. The van der Waals surface area contributed by atoms with Gasteiger partial charge >= 0.3 is 5.97 Å². The second-order valence-electron chi connectivity index (χ2n) is 7.23. The number of hydrogen-bond donors (Lipinski definition) is 0. The Morgan fingerprint density at radius 1 is 1.12 bits per heavy atom. The first kappa shape index (κ1) is 18.4. The molecule has 0 unspecified atom stereocenters. The van der Waals surface area contributed by atoms with Crippen molar-refractivity contribution >= 4 is 17.8 Å². The molecule has 0 bridgehead atoms. The quantitative estimate of drug-likeness (QED) is 0.758. The van der Waals surface area contributed by atoms with Crippen LogP contribution < -0.4 is 0 Å². The van der Waals surface area contributed by atoms with Crippen molar-refractivity contribution in [3.8, 4) is 0 Å². The Labute approximate surface area is 154 Å². The third-order valence-electron chi connectivity index (χ3n) is 5.87. The summed E-state index contributed by atoms with van der Waals surface area (Å²) in [4.78, 5) is 41.1. The van der Waals surface area contributed by atoms with Gasteiger partial charge in [0.1, 0.15) is 0 Å². The normalized spacial score (nSPS) is 28.3. The van der Waals surface area contributed by atoms with Gasteiger partial charge in [-0.15, -0.1) is 0 Å². The first-order valence-electron chi connectivity index (χ1n) is 9.11. The maximum absolute atomic E-state index is 13.0. The highest BCUT2D eigenvalue weighted by molar-refractivity contribution is 5.89. The summed E-state index contributed by atoms with van der Waals surface area (Å²) < 4.78 is 5.17. The zero-order valence-corrected chi connectivity index (χ0v) is 15.6. The first-order valence-corrected chi connectivity index (χ1v) is 9.11. The van der Waals surface area contributed by atoms with Gasteiger partial charge in [-0.05, 0) is 30.7 Å². The van der Waals surface area contributed by atoms with Crippen LogP contribution in [-0.2, 0) is 24.7 Å². The molecule has 6 nitrogen and oxygen atoms in total. The summed E-state index contributed by atoms with van der Waals surface area (Å²) in [5.74, 6) is -0.430. The summed E-state index contributed by atoms with van der Waals surface area (Å²) in [6.07, 6.45) is 2.32. The number of carbonyl (C=O) groups excluding carboxylic acids is 3. The van der Waals surface area contributed by atoms with Gasteiger partial charge in [0.05, 0.1) is 13.2 Å². The molecule has 0 saturated carbocycles. The molecule has 26 heavy (non-hydrogen) atoms. The number of hydrogen-bond acceptors (Lipinski definition) is 4. The van der Waals surface area contributed by atoms with E-state index in [4.69, 9.17) is 4.74 Å². The van der Waals surface area contributed by atoms with E-state index in [0.29, 0.717) is 19.5 Å². The lowest BCUT2D eigenvalue weighted by Crippen LogP contribution is -2.66. The second kappa shape index (κ2) is 7.09. The fourth-order valence-electron chi connectivity index (χ4n) is 4.71. The summed E-state index contributed by atoms with van der Waals surface area (Å²) in [5, 5.41) is 0. The molecule has 2 heterocycles. The number of nitrogens with zero attached hydrogens (tertiary/aromatic N) is 2. The molecule has 0 spiro atoms. The molecular weight excluding hydrogens is 332 g/mol. The SMILES string of the molecule is COC(=O)[C@]1(c2ccccc2)C[C@@H]2CCCN(C(C)=O)[C@@H]2CN1C(C)=O. The molecule has 6 heteroatoms. The summed E-state index contributed by atoms with van der Waals surface area (Å²) in [6.45, 7) is 4.10. The standard InChI is InChI=1S/C20H26N2O4/c1-14(23)21-11-7-8-16-12-20(19(25)26-3,17-9-5-4-6-10-17)22(15(2)24)13-18(16)21/h4-6,9-10,16,18H,7-8,11-13H2,1-3H3/t16-,18+,20+/m0/s1. The van der Waals surface area contributed by atoms with Crippen LogP contribution >= 0.6 is 0 Å². The van der Waals surface area contributed by atoms with Crippen LogP contribution in [0.3, 0.4) is 0 Å². The summed E-state index contributed by atoms with van der Waals surface area (Å²) >= 11 is 0. The van der Waals surface area contributed by atoms with Crippen molar-refractivity contribution in [3.05, 3.63) is 35.9 Å². The Kier molecular flexibility index (Phi) is 5.03. The van der Waals surface area contributed by atoms with Crippen LogP contribution in [0, 0.1) is 5.92 Å². The number of esters is 1. The predicted molar refractivity (Wildman–Crippen MR) is 96.0 cm³/mol. The number of carbonyl (C=O) groups is 3. The largest absolute Gasteiger partial charge is 0.467 e. The molecule has 1 aromatic carbocycles. The number of piperidine rings is 2. The monoisotopic (exact) mass is 358 g/mol. The van der Waals surface area contributed by atoms with E-state index in [1.807, 2.05) is 35.2 Å². The van der Waals surface area contributed by atoms with Crippen LogP contribution in [0.1, 0.15) is 38.7 Å². The fraction of sp³-hybridized carbons (Fsp3) is 0.550. The van der Waals surface area contributed by atoms with Crippen LogP contribution in [0.25, 0.3) is 0 Å². The van der Waals surface area contributed by atoms with E-state index >= 15 is 0 Å². The Morgan fingerprint density at radius 2 is 1.81 bits per heavy atom. The molecule has 2 fully saturated rings. The van der Waals surface area contributed by atoms with Crippen molar-refractivity contribution in [1.82, 2.24) is 9.80 Å². The highest BCUT2D eigenvalue weighted by atomic mass is 16.5. The Balaban J connectivity index is 2.10. The van der Waals surface area contributed by atoms with Crippen molar-refractivity contribution in [2.45, 2.75) is 44.7 Å². The molecule has 3 rings (SSSR count). The fourth-order valence-corrected chi connectivity index (χ4v) is 4.71. The van der Waals surface area contributed by atoms with E-state index in [0.717, 1.165) is 18.4 Å². The first-order chi connectivity index (χ1) is 12.4. The zero-order valence-electron chi connectivity index (χ0n) is 15.6. The highest BCUT2D eigenvalue weighted by Gasteiger charge is 2.56. The molecular formula is C20H26N2O4. The lowest BCUT2D eigenvalue weighted by Gasteiger charge is -2.54. The maximum Gasteiger partial charge on any atom is 0.336 e. The molecule has 2 saturated heterocycles. The van der Waals surface area contributed by atoms with E-state index in [9.17, 15) is 14.4 Å². The third-order valence-corrected chi connectivity index (χ3v) is 5.87. The average molecular weight is 358 g/mol. The van der Waals surface area contributed by atoms with Crippen molar-refractivity contribution < 1.29 is 19.1 Å². The lowest BCUT2D eigenvalue weighted by atomic mass is 9.70. The van der Waals surface area contributed by atoms with Gasteiger partial charge in [-0.2, -0.15) is 0 Å². The minimum atomic E-state index is -1.14. The van der Waals surface area contributed by atoms with Crippen LogP contribution in [0.5, 0.6) is 0 Å². The van der Waals surface area contributed by atoms with Crippen LogP contribution in [0.4, 0.5) is 0 Å². The summed E-state index contributed by atoms with van der Waals surface area (Å²) in [6, 6.07) is 9.32. The van der Waals surface area contributed by atoms with E-state index in [2.05, 4.69) is 0 Å². The van der Waals surface area contributed by atoms with Crippen molar-refractivity contribution in [1.29, 1.82) is 0 Å². The third kappa shape index (κ3) is 2.87. The lowest BCUT2D eigenvalue weighted by molar-refractivity contribution is -0.173. The van der Waals surface area contributed by atoms with Gasteiger partial charge in [0.25, 0.3) is 0 Å². The Hall–Kier alpha value is -2.37. The van der Waals surface area contributed by atoms with Gasteiger partial charge in [0.15, 0.2) is 5.54 Å². The van der Waals surface area contributed by atoms with Crippen LogP contribution in [0.15, 0.2) is 30.3 Å². The topological polar surface area (TPSA) is 66.9 Å². The molecule has 2 aliphatic heterocycles.